The molecule has 1 aromatic heterocycles. The van der Waals surface area contributed by atoms with E-state index in [1.807, 2.05) is 0 Å². The Morgan fingerprint density at radius 2 is 1.95 bits per heavy atom. The second-order valence-corrected chi connectivity index (χ2v) is 6.03. The van der Waals surface area contributed by atoms with Crippen molar-refractivity contribution in [3.05, 3.63) is 23.8 Å². The predicted molar refractivity (Wildman–Crippen MR) is 74.1 cm³/mol. The minimum atomic E-state index is -0.976. The van der Waals surface area contributed by atoms with Crippen molar-refractivity contribution in [2.24, 2.45) is 11.3 Å². The van der Waals surface area contributed by atoms with Crippen LogP contribution in [0.2, 0.25) is 0 Å². The van der Waals surface area contributed by atoms with Gasteiger partial charge in [0.15, 0.2) is 17.5 Å². The molecule has 1 saturated carbocycles. The van der Waals surface area contributed by atoms with E-state index in [0.29, 0.717) is 23.9 Å². The maximum atomic E-state index is 13.5. The molecule has 0 atom stereocenters. The van der Waals surface area contributed by atoms with Crippen molar-refractivity contribution in [1.29, 1.82) is 0 Å². The Morgan fingerprint density at radius 3 is 2.57 bits per heavy atom. The van der Waals surface area contributed by atoms with Crippen LogP contribution in [0, 0.1) is 23.0 Å². The lowest BCUT2D eigenvalue weighted by molar-refractivity contribution is 0.294. The topological polar surface area (TPSA) is 69.6 Å². The van der Waals surface area contributed by atoms with Gasteiger partial charge in [0.05, 0.1) is 6.54 Å². The first-order valence-electron chi connectivity index (χ1n) is 6.94. The molecule has 2 N–H and O–H groups in total. The highest BCUT2D eigenvalue weighted by Gasteiger charge is 2.46. The molecule has 0 aliphatic heterocycles. The molecule has 0 amide bonds. The molecule has 21 heavy (non-hydrogen) atoms. The molecule has 0 radical (unpaired) electrons. The minimum Gasteiger partial charge on any atom is -0.398 e. The fourth-order valence-corrected chi connectivity index (χ4v) is 2.64. The Bertz CT molecular complexity index is 676. The molecule has 1 aliphatic rings. The summed E-state index contributed by atoms with van der Waals surface area (Å²) in [5.74, 6) is -1.05. The second-order valence-electron chi connectivity index (χ2n) is 6.03. The van der Waals surface area contributed by atoms with Crippen molar-refractivity contribution in [2.75, 3.05) is 5.73 Å². The highest BCUT2D eigenvalue weighted by molar-refractivity contribution is 5.71. The maximum absolute atomic E-state index is 13.5. The number of aromatic nitrogens is 4. The summed E-state index contributed by atoms with van der Waals surface area (Å²) in [6.45, 7) is 5.00. The normalized spacial score (nSPS) is 16.4. The van der Waals surface area contributed by atoms with Crippen molar-refractivity contribution in [3.63, 3.8) is 0 Å². The van der Waals surface area contributed by atoms with E-state index >= 15 is 0 Å². The van der Waals surface area contributed by atoms with Gasteiger partial charge in [0.25, 0.3) is 0 Å². The molecule has 1 aromatic carbocycles. The molecule has 7 heteroatoms. The van der Waals surface area contributed by atoms with Gasteiger partial charge in [0.1, 0.15) is 0 Å². The molecule has 2 aromatic rings. The van der Waals surface area contributed by atoms with Crippen LogP contribution in [0.4, 0.5) is 14.5 Å². The van der Waals surface area contributed by atoms with Crippen LogP contribution in [0.5, 0.6) is 0 Å². The summed E-state index contributed by atoms with van der Waals surface area (Å²) in [6.07, 6.45) is 2.24. The number of anilines is 1. The van der Waals surface area contributed by atoms with Gasteiger partial charge in [-0.2, -0.15) is 0 Å². The zero-order valence-electron chi connectivity index (χ0n) is 12.0. The van der Waals surface area contributed by atoms with E-state index in [1.54, 1.807) is 4.68 Å². The van der Waals surface area contributed by atoms with Crippen LogP contribution in [0.1, 0.15) is 26.7 Å². The minimum absolute atomic E-state index is 0.124. The zero-order valence-corrected chi connectivity index (χ0v) is 12.0. The maximum Gasteiger partial charge on any atom is 0.184 e. The van der Waals surface area contributed by atoms with Gasteiger partial charge in [0.2, 0.25) is 0 Å². The van der Waals surface area contributed by atoms with E-state index in [-0.39, 0.29) is 11.1 Å². The number of nitrogens with two attached hydrogens (primary N) is 1. The van der Waals surface area contributed by atoms with E-state index in [9.17, 15) is 8.78 Å². The average molecular weight is 293 g/mol. The molecule has 0 spiro atoms. The first-order valence-corrected chi connectivity index (χ1v) is 6.94. The number of hydrogen-bond acceptors (Lipinski definition) is 4. The van der Waals surface area contributed by atoms with E-state index in [4.69, 9.17) is 5.73 Å². The SMILES string of the molecule is CC(C)C1(Cn2nnnc2-c2cc(F)c(F)cc2N)CC1. The Kier molecular flexibility index (Phi) is 3.15. The zero-order chi connectivity index (χ0) is 15.2. The highest BCUT2D eigenvalue weighted by atomic mass is 19.2. The van der Waals surface area contributed by atoms with E-state index in [2.05, 4.69) is 29.4 Å². The van der Waals surface area contributed by atoms with Gasteiger partial charge in [0, 0.05) is 17.3 Å². The van der Waals surface area contributed by atoms with Gasteiger partial charge >= 0.3 is 0 Å². The number of benzene rings is 1. The summed E-state index contributed by atoms with van der Waals surface area (Å²) >= 11 is 0. The summed E-state index contributed by atoms with van der Waals surface area (Å²) in [6, 6.07) is 2.00. The van der Waals surface area contributed by atoms with Crippen LogP contribution >= 0.6 is 0 Å². The third kappa shape index (κ3) is 2.36. The van der Waals surface area contributed by atoms with Gasteiger partial charge in [-0.1, -0.05) is 13.8 Å². The molecule has 5 nitrogen and oxygen atoms in total. The lowest BCUT2D eigenvalue weighted by Crippen LogP contribution is -2.19. The molecule has 1 fully saturated rings. The van der Waals surface area contributed by atoms with Gasteiger partial charge in [-0.3, -0.25) is 0 Å². The number of rotatable bonds is 4. The van der Waals surface area contributed by atoms with Gasteiger partial charge in [-0.25, -0.2) is 13.5 Å². The summed E-state index contributed by atoms with van der Waals surface area (Å²) in [5, 5.41) is 11.6. The van der Waals surface area contributed by atoms with Crippen LogP contribution in [0.25, 0.3) is 11.4 Å². The Balaban J connectivity index is 1.98. The molecule has 0 bridgehead atoms. The first-order chi connectivity index (χ1) is 9.93. The lowest BCUT2D eigenvalue weighted by atomic mass is 9.92. The van der Waals surface area contributed by atoms with Crippen molar-refractivity contribution >= 4 is 5.69 Å². The van der Waals surface area contributed by atoms with Crippen LogP contribution < -0.4 is 5.73 Å². The van der Waals surface area contributed by atoms with Crippen molar-refractivity contribution in [3.8, 4) is 11.4 Å². The predicted octanol–water partition coefficient (Wildman–Crippen LogP) is 2.64. The largest absolute Gasteiger partial charge is 0.398 e. The lowest BCUT2D eigenvalue weighted by Gasteiger charge is -2.19. The summed E-state index contributed by atoms with van der Waals surface area (Å²) in [5.41, 5.74) is 6.41. The number of nitrogens with zero attached hydrogens (tertiary/aromatic N) is 4. The standard InChI is InChI=1S/C14H17F2N5/c1-8(2)14(3-4-14)7-21-13(18-19-20-21)9-5-10(15)11(16)6-12(9)17/h5-6,8H,3-4,7,17H2,1-2H3. The molecule has 1 aliphatic carbocycles. The monoisotopic (exact) mass is 293 g/mol. The Labute approximate surface area is 121 Å². The summed E-state index contributed by atoms with van der Waals surface area (Å²) < 4.78 is 28.3. The third-order valence-corrected chi connectivity index (χ3v) is 4.45. The van der Waals surface area contributed by atoms with Crippen molar-refractivity contribution in [1.82, 2.24) is 20.2 Å². The molecule has 3 rings (SSSR count). The van der Waals surface area contributed by atoms with E-state index in [1.165, 1.54) is 0 Å². The smallest absolute Gasteiger partial charge is 0.184 e. The van der Waals surface area contributed by atoms with Crippen LogP contribution in [0.15, 0.2) is 12.1 Å². The van der Waals surface area contributed by atoms with Gasteiger partial charge in [-0.15, -0.1) is 5.10 Å². The second kappa shape index (κ2) is 4.75. The fraction of sp³-hybridized carbons (Fsp3) is 0.500. The molecule has 112 valence electrons. The van der Waals surface area contributed by atoms with E-state index < -0.39 is 11.6 Å². The van der Waals surface area contributed by atoms with Gasteiger partial charge < -0.3 is 5.73 Å². The average Bonchev–Trinajstić information content (AvgIpc) is 3.06. The quantitative estimate of drug-likeness (QED) is 0.880. The Morgan fingerprint density at radius 1 is 1.29 bits per heavy atom. The number of hydrogen-bond donors (Lipinski definition) is 1. The van der Waals surface area contributed by atoms with Crippen LogP contribution in [0.3, 0.4) is 0 Å². The Hall–Kier alpha value is -2.05. The van der Waals surface area contributed by atoms with Crippen LogP contribution in [-0.2, 0) is 6.54 Å². The molecule has 0 unspecified atom stereocenters. The summed E-state index contributed by atoms with van der Waals surface area (Å²) in [7, 11) is 0. The highest BCUT2D eigenvalue weighted by Crippen LogP contribution is 2.53. The summed E-state index contributed by atoms with van der Waals surface area (Å²) in [4.78, 5) is 0. The fourth-order valence-electron chi connectivity index (χ4n) is 2.64. The van der Waals surface area contributed by atoms with E-state index in [0.717, 1.165) is 25.0 Å². The van der Waals surface area contributed by atoms with Crippen LogP contribution in [-0.4, -0.2) is 20.2 Å². The third-order valence-electron chi connectivity index (χ3n) is 4.45. The molecular formula is C14H17F2N5. The number of tetrazole rings is 1. The van der Waals surface area contributed by atoms with Crippen molar-refractivity contribution in [2.45, 2.75) is 33.2 Å². The van der Waals surface area contributed by atoms with Gasteiger partial charge in [-0.05, 0) is 40.7 Å². The van der Waals surface area contributed by atoms with Crippen molar-refractivity contribution < 1.29 is 8.78 Å². The molecular weight excluding hydrogens is 276 g/mol. The molecule has 0 saturated heterocycles. The number of halogens is 2. The first kappa shape index (κ1) is 13.9. The molecule has 1 heterocycles. The number of nitrogen functional groups attached to an aromatic ring is 1.